The number of nitrogens with one attached hydrogen (secondary N) is 1. The van der Waals surface area contributed by atoms with Crippen LogP contribution in [-0.4, -0.2) is 36.7 Å². The number of thioether (sulfide) groups is 1. The lowest BCUT2D eigenvalue weighted by molar-refractivity contribution is 0.0676. The van der Waals surface area contributed by atoms with Gasteiger partial charge in [-0.25, -0.2) is 0 Å². The fourth-order valence-electron chi connectivity index (χ4n) is 1.91. The number of amidine groups is 1. The fourth-order valence-corrected chi connectivity index (χ4v) is 2.86. The molecule has 0 aliphatic carbocycles. The van der Waals surface area contributed by atoms with Crippen molar-refractivity contribution in [3.05, 3.63) is 0 Å². The summed E-state index contributed by atoms with van der Waals surface area (Å²) in [4.78, 5) is 4.51. The van der Waals surface area contributed by atoms with Gasteiger partial charge in [-0.15, -0.1) is 0 Å². The summed E-state index contributed by atoms with van der Waals surface area (Å²) >= 11 is 1.91. The summed E-state index contributed by atoms with van der Waals surface area (Å²) in [5.74, 6) is 0.780. The molecule has 0 spiro atoms. The second-order valence-corrected chi connectivity index (χ2v) is 5.52. The van der Waals surface area contributed by atoms with Crippen molar-refractivity contribution < 1.29 is 4.74 Å². The molecule has 1 saturated heterocycles. The first-order valence-corrected chi connectivity index (χ1v) is 6.79. The smallest absolute Gasteiger partial charge is 0.156 e. The maximum Gasteiger partial charge on any atom is 0.156 e. The lowest BCUT2D eigenvalue weighted by atomic mass is 10.0. The summed E-state index contributed by atoms with van der Waals surface area (Å²) in [6.45, 7) is 6.17. The van der Waals surface area contributed by atoms with Crippen molar-refractivity contribution in [3.63, 3.8) is 0 Å². The van der Waals surface area contributed by atoms with Crippen LogP contribution in [0.3, 0.4) is 0 Å². The largest absolute Gasteiger partial charge is 0.381 e. The zero-order valence-electron chi connectivity index (χ0n) is 9.37. The number of nitrogens with zero attached hydrogens (tertiary/aromatic N) is 1. The third-order valence-corrected chi connectivity index (χ3v) is 4.37. The summed E-state index contributed by atoms with van der Waals surface area (Å²) in [6.07, 6.45) is 3.61. The van der Waals surface area contributed by atoms with Gasteiger partial charge in [0, 0.05) is 25.0 Å². The predicted molar refractivity (Wildman–Crippen MR) is 65.5 cm³/mol. The van der Waals surface area contributed by atoms with Crippen LogP contribution in [0.5, 0.6) is 0 Å². The SMILES string of the molecule is CCC1CN=C(NCC2CCOCC2)S1. The van der Waals surface area contributed by atoms with E-state index in [-0.39, 0.29) is 0 Å². The van der Waals surface area contributed by atoms with Gasteiger partial charge < -0.3 is 10.1 Å². The van der Waals surface area contributed by atoms with E-state index in [2.05, 4.69) is 17.2 Å². The van der Waals surface area contributed by atoms with E-state index in [9.17, 15) is 0 Å². The van der Waals surface area contributed by atoms with E-state index in [4.69, 9.17) is 4.74 Å². The number of ether oxygens (including phenoxy) is 1. The maximum atomic E-state index is 5.34. The molecule has 15 heavy (non-hydrogen) atoms. The molecule has 0 bridgehead atoms. The molecule has 1 N–H and O–H groups in total. The third-order valence-electron chi connectivity index (χ3n) is 3.06. The minimum atomic E-state index is 0.710. The fraction of sp³-hybridized carbons (Fsp3) is 0.909. The van der Waals surface area contributed by atoms with Gasteiger partial charge in [-0.1, -0.05) is 18.7 Å². The zero-order valence-corrected chi connectivity index (χ0v) is 10.2. The second-order valence-electron chi connectivity index (χ2n) is 4.23. The van der Waals surface area contributed by atoms with Crippen molar-refractivity contribution in [2.45, 2.75) is 31.4 Å². The van der Waals surface area contributed by atoms with E-state index in [0.717, 1.165) is 37.4 Å². The monoisotopic (exact) mass is 228 g/mol. The van der Waals surface area contributed by atoms with Crippen molar-refractivity contribution >= 4 is 16.9 Å². The number of hydrogen-bond donors (Lipinski definition) is 1. The predicted octanol–water partition coefficient (Wildman–Crippen LogP) is 1.88. The molecule has 2 rings (SSSR count). The van der Waals surface area contributed by atoms with Gasteiger partial charge >= 0.3 is 0 Å². The normalized spacial score (nSPS) is 27.8. The Morgan fingerprint density at radius 3 is 2.93 bits per heavy atom. The molecule has 2 aliphatic rings. The molecule has 2 heterocycles. The van der Waals surface area contributed by atoms with Gasteiger partial charge in [-0.05, 0) is 25.2 Å². The van der Waals surface area contributed by atoms with Crippen LogP contribution in [0.25, 0.3) is 0 Å². The quantitative estimate of drug-likeness (QED) is 0.801. The Hall–Kier alpha value is -0.220. The van der Waals surface area contributed by atoms with Crippen LogP contribution in [0.15, 0.2) is 4.99 Å². The molecule has 86 valence electrons. The van der Waals surface area contributed by atoms with Crippen molar-refractivity contribution in [1.29, 1.82) is 0 Å². The average molecular weight is 228 g/mol. The highest BCUT2D eigenvalue weighted by atomic mass is 32.2. The second kappa shape index (κ2) is 5.75. The van der Waals surface area contributed by atoms with Crippen LogP contribution in [-0.2, 0) is 4.74 Å². The van der Waals surface area contributed by atoms with Gasteiger partial charge in [0.25, 0.3) is 0 Å². The Balaban J connectivity index is 1.65. The third kappa shape index (κ3) is 3.38. The molecule has 1 fully saturated rings. The Kier molecular flexibility index (Phi) is 4.32. The molecule has 0 radical (unpaired) electrons. The van der Waals surface area contributed by atoms with Crippen LogP contribution in [0.4, 0.5) is 0 Å². The standard InChI is InChI=1S/C11H20N2OS/c1-2-10-8-13-11(15-10)12-7-9-3-5-14-6-4-9/h9-10H,2-8H2,1H3,(H,12,13). The molecule has 4 heteroatoms. The van der Waals surface area contributed by atoms with E-state index >= 15 is 0 Å². The van der Waals surface area contributed by atoms with Gasteiger partial charge in [0.1, 0.15) is 0 Å². The Morgan fingerprint density at radius 1 is 1.47 bits per heavy atom. The Labute approximate surface area is 96.1 Å². The minimum Gasteiger partial charge on any atom is -0.381 e. The van der Waals surface area contributed by atoms with Crippen LogP contribution in [0.2, 0.25) is 0 Å². The van der Waals surface area contributed by atoms with Gasteiger partial charge in [0.15, 0.2) is 5.17 Å². The van der Waals surface area contributed by atoms with Crippen molar-refractivity contribution in [3.8, 4) is 0 Å². The van der Waals surface area contributed by atoms with Gasteiger partial charge in [-0.3, -0.25) is 4.99 Å². The summed E-state index contributed by atoms with van der Waals surface area (Å²) < 4.78 is 5.34. The number of rotatable bonds is 3. The van der Waals surface area contributed by atoms with Crippen LogP contribution in [0, 0.1) is 5.92 Å². The van der Waals surface area contributed by atoms with Gasteiger partial charge in [0.2, 0.25) is 0 Å². The summed E-state index contributed by atoms with van der Waals surface area (Å²) in [7, 11) is 0. The topological polar surface area (TPSA) is 33.6 Å². The molecule has 3 nitrogen and oxygen atoms in total. The first-order valence-electron chi connectivity index (χ1n) is 5.91. The molecule has 0 saturated carbocycles. The first kappa shape index (κ1) is 11.3. The molecule has 0 aromatic rings. The van der Waals surface area contributed by atoms with Gasteiger partial charge in [-0.2, -0.15) is 0 Å². The van der Waals surface area contributed by atoms with Gasteiger partial charge in [0.05, 0.1) is 6.54 Å². The lowest BCUT2D eigenvalue weighted by Gasteiger charge is -2.22. The zero-order chi connectivity index (χ0) is 10.5. The van der Waals surface area contributed by atoms with E-state index < -0.39 is 0 Å². The Bertz CT molecular complexity index is 227. The van der Waals surface area contributed by atoms with Crippen LogP contribution in [0.1, 0.15) is 26.2 Å². The van der Waals surface area contributed by atoms with Crippen LogP contribution < -0.4 is 5.32 Å². The van der Waals surface area contributed by atoms with Crippen molar-refractivity contribution in [1.82, 2.24) is 5.32 Å². The number of hydrogen-bond acceptors (Lipinski definition) is 4. The highest BCUT2D eigenvalue weighted by Crippen LogP contribution is 2.22. The van der Waals surface area contributed by atoms with Crippen LogP contribution >= 0.6 is 11.8 Å². The minimum absolute atomic E-state index is 0.710. The van der Waals surface area contributed by atoms with Crippen molar-refractivity contribution in [2.24, 2.45) is 10.9 Å². The molecule has 2 aliphatic heterocycles. The lowest BCUT2D eigenvalue weighted by Crippen LogP contribution is -2.30. The highest BCUT2D eigenvalue weighted by Gasteiger charge is 2.19. The summed E-state index contributed by atoms with van der Waals surface area (Å²) in [5.41, 5.74) is 0. The summed E-state index contributed by atoms with van der Waals surface area (Å²) in [6, 6.07) is 0. The van der Waals surface area contributed by atoms with E-state index in [0.29, 0.717) is 5.25 Å². The highest BCUT2D eigenvalue weighted by molar-refractivity contribution is 8.14. The molecule has 0 aromatic heterocycles. The Morgan fingerprint density at radius 2 is 2.27 bits per heavy atom. The number of aliphatic imine (C=N–C) groups is 1. The summed E-state index contributed by atoms with van der Waals surface area (Å²) in [5, 5.41) is 5.34. The molecule has 0 aromatic carbocycles. The maximum absolute atomic E-state index is 5.34. The van der Waals surface area contributed by atoms with E-state index in [1.165, 1.54) is 19.3 Å². The first-order chi connectivity index (χ1) is 7.38. The van der Waals surface area contributed by atoms with E-state index in [1.807, 2.05) is 11.8 Å². The molecule has 1 atom stereocenters. The van der Waals surface area contributed by atoms with E-state index in [1.54, 1.807) is 0 Å². The average Bonchev–Trinajstić information content (AvgIpc) is 2.76. The molecular weight excluding hydrogens is 208 g/mol. The van der Waals surface area contributed by atoms with Crippen molar-refractivity contribution in [2.75, 3.05) is 26.3 Å². The molecule has 0 amide bonds. The molecule has 1 unspecified atom stereocenters. The molecular formula is C11H20N2OS.